The largest absolute Gasteiger partial charge is 0.347 e. The van der Waals surface area contributed by atoms with Gasteiger partial charge in [-0.1, -0.05) is 29.8 Å². The molecule has 1 heterocycles. The molecule has 0 N–H and O–H groups in total. The van der Waals surface area contributed by atoms with E-state index in [2.05, 4.69) is 41.8 Å². The van der Waals surface area contributed by atoms with Crippen molar-refractivity contribution >= 4 is 6.29 Å². The predicted octanol–water partition coefficient (Wildman–Crippen LogP) is 2.74. The van der Waals surface area contributed by atoms with E-state index in [0.29, 0.717) is 6.42 Å². The van der Waals surface area contributed by atoms with E-state index in [4.69, 9.17) is 0 Å². The van der Waals surface area contributed by atoms with Crippen LogP contribution in [0.2, 0.25) is 0 Å². The van der Waals surface area contributed by atoms with Gasteiger partial charge in [0.2, 0.25) is 0 Å². The highest BCUT2D eigenvalue weighted by Gasteiger charge is 2.05. The zero-order chi connectivity index (χ0) is 11.5. The molecule has 0 aliphatic rings. The number of carbonyl (C=O) groups is 1. The Hall–Kier alpha value is -1.83. The minimum absolute atomic E-state index is 0.475. The Morgan fingerprint density at radius 3 is 2.44 bits per heavy atom. The van der Waals surface area contributed by atoms with E-state index in [1.807, 2.05) is 13.1 Å². The summed E-state index contributed by atoms with van der Waals surface area (Å²) in [5, 5.41) is 0. The third kappa shape index (κ3) is 1.91. The fraction of sp³-hybridized carbons (Fsp3) is 0.214. The Morgan fingerprint density at radius 2 is 1.81 bits per heavy atom. The molecule has 2 rings (SSSR count). The van der Waals surface area contributed by atoms with Crippen LogP contribution in [0.15, 0.2) is 36.4 Å². The van der Waals surface area contributed by atoms with Crippen LogP contribution in [0.25, 0.3) is 11.3 Å². The van der Waals surface area contributed by atoms with Crippen LogP contribution in [-0.4, -0.2) is 10.9 Å². The van der Waals surface area contributed by atoms with E-state index >= 15 is 0 Å². The van der Waals surface area contributed by atoms with Crippen LogP contribution in [0.3, 0.4) is 0 Å². The van der Waals surface area contributed by atoms with Crippen molar-refractivity contribution in [1.82, 2.24) is 4.57 Å². The summed E-state index contributed by atoms with van der Waals surface area (Å²) in [5.74, 6) is 0. The maximum absolute atomic E-state index is 10.5. The number of nitrogens with zero attached hydrogens (tertiary/aromatic N) is 1. The summed E-state index contributed by atoms with van der Waals surface area (Å²) in [7, 11) is 1.99. The Morgan fingerprint density at radius 1 is 1.12 bits per heavy atom. The summed E-state index contributed by atoms with van der Waals surface area (Å²) in [5.41, 5.74) is 4.64. The van der Waals surface area contributed by atoms with Crippen molar-refractivity contribution in [3.8, 4) is 11.3 Å². The first-order valence-corrected chi connectivity index (χ1v) is 5.37. The molecule has 2 nitrogen and oxygen atoms in total. The minimum Gasteiger partial charge on any atom is -0.347 e. The van der Waals surface area contributed by atoms with Gasteiger partial charge in [0.1, 0.15) is 6.29 Å². The average molecular weight is 213 g/mol. The molecule has 0 aliphatic carbocycles. The Kier molecular flexibility index (Phi) is 2.91. The summed E-state index contributed by atoms with van der Waals surface area (Å²) in [6.07, 6.45) is 1.41. The Bertz CT molecular complexity index is 494. The first kappa shape index (κ1) is 10.7. The monoisotopic (exact) mass is 213 g/mol. The third-order valence-electron chi connectivity index (χ3n) is 2.87. The van der Waals surface area contributed by atoms with Crippen LogP contribution < -0.4 is 0 Å². The second-order valence-electron chi connectivity index (χ2n) is 4.01. The lowest BCUT2D eigenvalue weighted by Gasteiger charge is -2.06. The van der Waals surface area contributed by atoms with Gasteiger partial charge in [-0.3, -0.25) is 0 Å². The second-order valence-corrected chi connectivity index (χ2v) is 4.01. The fourth-order valence-corrected chi connectivity index (χ4v) is 1.86. The van der Waals surface area contributed by atoms with Crippen molar-refractivity contribution in [3.05, 3.63) is 47.7 Å². The van der Waals surface area contributed by atoms with Gasteiger partial charge in [-0.2, -0.15) is 0 Å². The molecule has 0 bridgehead atoms. The highest BCUT2D eigenvalue weighted by molar-refractivity contribution is 5.63. The standard InChI is InChI=1S/C14H15NO/c1-11-3-5-12(6-4-11)14-8-7-13(9-10-16)15(14)2/h3-8,10H,9H2,1-2H3. The lowest BCUT2D eigenvalue weighted by atomic mass is 10.1. The Balaban J connectivity index is 2.40. The minimum atomic E-state index is 0.475. The van der Waals surface area contributed by atoms with E-state index in [9.17, 15) is 4.79 Å². The number of hydrogen-bond donors (Lipinski definition) is 0. The number of aromatic nitrogens is 1. The van der Waals surface area contributed by atoms with Crippen molar-refractivity contribution in [2.45, 2.75) is 13.3 Å². The Labute approximate surface area is 95.5 Å². The fourth-order valence-electron chi connectivity index (χ4n) is 1.86. The number of hydrogen-bond acceptors (Lipinski definition) is 1. The predicted molar refractivity (Wildman–Crippen MR) is 65.4 cm³/mol. The molecule has 2 heteroatoms. The number of rotatable bonds is 3. The molecule has 0 atom stereocenters. The average Bonchev–Trinajstić information content (AvgIpc) is 2.63. The number of benzene rings is 1. The second kappa shape index (κ2) is 4.35. The summed E-state index contributed by atoms with van der Waals surface area (Å²) in [4.78, 5) is 10.5. The highest BCUT2D eigenvalue weighted by atomic mass is 16.1. The summed E-state index contributed by atoms with van der Waals surface area (Å²) < 4.78 is 2.07. The van der Waals surface area contributed by atoms with Gasteiger partial charge < -0.3 is 9.36 Å². The van der Waals surface area contributed by atoms with Crippen molar-refractivity contribution in [2.75, 3.05) is 0 Å². The van der Waals surface area contributed by atoms with Crippen molar-refractivity contribution in [1.29, 1.82) is 0 Å². The van der Waals surface area contributed by atoms with E-state index in [0.717, 1.165) is 17.7 Å². The van der Waals surface area contributed by atoms with Gasteiger partial charge in [-0.25, -0.2) is 0 Å². The molecule has 1 aromatic carbocycles. The first-order chi connectivity index (χ1) is 7.72. The van der Waals surface area contributed by atoms with Gasteiger partial charge in [0.15, 0.2) is 0 Å². The zero-order valence-electron chi connectivity index (χ0n) is 9.60. The van der Waals surface area contributed by atoms with E-state index in [1.165, 1.54) is 11.1 Å². The topological polar surface area (TPSA) is 22.0 Å². The molecule has 16 heavy (non-hydrogen) atoms. The van der Waals surface area contributed by atoms with Crippen LogP contribution in [0.4, 0.5) is 0 Å². The van der Waals surface area contributed by atoms with Gasteiger partial charge >= 0.3 is 0 Å². The lowest BCUT2D eigenvalue weighted by Crippen LogP contribution is -1.98. The smallest absolute Gasteiger partial charge is 0.125 e. The normalized spacial score (nSPS) is 10.4. The van der Waals surface area contributed by atoms with E-state index in [-0.39, 0.29) is 0 Å². The number of carbonyl (C=O) groups excluding carboxylic acids is 1. The van der Waals surface area contributed by atoms with Crippen LogP contribution in [0.1, 0.15) is 11.3 Å². The van der Waals surface area contributed by atoms with Gasteiger partial charge in [-0.15, -0.1) is 0 Å². The molecule has 82 valence electrons. The van der Waals surface area contributed by atoms with Crippen molar-refractivity contribution < 1.29 is 4.79 Å². The molecule has 0 saturated carbocycles. The van der Waals surface area contributed by atoms with Gasteiger partial charge in [-0.05, 0) is 24.6 Å². The molecule has 0 radical (unpaired) electrons. The van der Waals surface area contributed by atoms with Gasteiger partial charge in [0.05, 0.1) is 0 Å². The van der Waals surface area contributed by atoms with Crippen LogP contribution >= 0.6 is 0 Å². The molecule has 0 amide bonds. The first-order valence-electron chi connectivity index (χ1n) is 5.37. The number of aryl methyl sites for hydroxylation is 1. The maximum atomic E-state index is 10.5. The third-order valence-corrected chi connectivity index (χ3v) is 2.87. The summed E-state index contributed by atoms with van der Waals surface area (Å²) in [6.45, 7) is 2.08. The maximum Gasteiger partial charge on any atom is 0.125 e. The van der Waals surface area contributed by atoms with Gasteiger partial charge in [0.25, 0.3) is 0 Å². The zero-order valence-corrected chi connectivity index (χ0v) is 9.60. The molecule has 0 aliphatic heterocycles. The molecular weight excluding hydrogens is 198 g/mol. The molecule has 0 saturated heterocycles. The quantitative estimate of drug-likeness (QED) is 0.718. The molecule has 0 fully saturated rings. The molecule has 0 unspecified atom stereocenters. The van der Waals surface area contributed by atoms with Crippen molar-refractivity contribution in [3.63, 3.8) is 0 Å². The van der Waals surface area contributed by atoms with Crippen molar-refractivity contribution in [2.24, 2.45) is 7.05 Å². The molecular formula is C14H15NO. The van der Waals surface area contributed by atoms with Crippen LogP contribution in [-0.2, 0) is 18.3 Å². The summed E-state index contributed by atoms with van der Waals surface area (Å²) >= 11 is 0. The molecule has 0 spiro atoms. The lowest BCUT2D eigenvalue weighted by molar-refractivity contribution is -0.107. The van der Waals surface area contributed by atoms with Crippen LogP contribution in [0.5, 0.6) is 0 Å². The SMILES string of the molecule is Cc1ccc(-c2ccc(CC=O)n2C)cc1. The molecule has 2 aromatic rings. The molecule has 1 aromatic heterocycles. The summed E-state index contributed by atoms with van der Waals surface area (Å²) in [6, 6.07) is 12.5. The van der Waals surface area contributed by atoms with Gasteiger partial charge in [0, 0.05) is 24.9 Å². The van der Waals surface area contributed by atoms with E-state index < -0.39 is 0 Å². The highest BCUT2D eigenvalue weighted by Crippen LogP contribution is 2.21. The van der Waals surface area contributed by atoms with Crippen LogP contribution in [0, 0.1) is 6.92 Å². The van der Waals surface area contributed by atoms with E-state index in [1.54, 1.807) is 0 Å². The number of aldehydes is 1.